The largest absolute Gasteiger partial charge is 0.456 e. The molecule has 0 N–H and O–H groups in total. The Bertz CT molecular complexity index is 2350. The molecule has 0 saturated heterocycles. The maximum absolute atomic E-state index is 6.30. The van der Waals surface area contributed by atoms with Crippen LogP contribution >= 0.6 is 0 Å². The molecule has 0 spiro atoms. The molecule has 0 aliphatic carbocycles. The average molecular weight is 521 g/mol. The zero-order valence-electron chi connectivity index (χ0n) is 22.3. The highest BCUT2D eigenvalue weighted by Gasteiger charge is 2.21. The van der Waals surface area contributed by atoms with E-state index in [1.54, 1.807) is 0 Å². The second-order valence-corrected chi connectivity index (χ2v) is 10.8. The van der Waals surface area contributed by atoms with Crippen molar-refractivity contribution >= 4 is 54.3 Å². The molecule has 1 aromatic heterocycles. The third kappa shape index (κ3) is 3.24. The third-order valence-electron chi connectivity index (χ3n) is 8.60. The van der Waals surface area contributed by atoms with Crippen LogP contribution in [0.3, 0.4) is 0 Å². The van der Waals surface area contributed by atoms with Crippen molar-refractivity contribution in [1.82, 2.24) is 0 Å². The van der Waals surface area contributed by atoms with Gasteiger partial charge in [0, 0.05) is 10.8 Å². The molecule has 0 atom stereocenters. The van der Waals surface area contributed by atoms with Crippen molar-refractivity contribution < 1.29 is 4.42 Å². The monoisotopic (exact) mass is 520 g/mol. The number of hydrogen-bond donors (Lipinski definition) is 0. The summed E-state index contributed by atoms with van der Waals surface area (Å²) in [6.07, 6.45) is 0. The van der Waals surface area contributed by atoms with Gasteiger partial charge in [0.05, 0.1) is 0 Å². The van der Waals surface area contributed by atoms with Gasteiger partial charge in [-0.05, 0) is 90.0 Å². The molecule has 0 bridgehead atoms. The molecule has 1 nitrogen and oxygen atoms in total. The first-order valence-electron chi connectivity index (χ1n) is 14.1. The molecule has 0 amide bonds. The smallest absolute Gasteiger partial charge is 0.136 e. The molecule has 41 heavy (non-hydrogen) atoms. The Kier molecular flexibility index (Phi) is 4.67. The molecule has 1 heterocycles. The predicted octanol–water partition coefficient (Wildman–Crippen LogP) is 11.5. The fraction of sp³-hybridized carbons (Fsp3) is 0. The molecule has 9 rings (SSSR count). The molecule has 0 unspecified atom stereocenters. The molecular formula is C40H24O. The molecule has 0 aliphatic rings. The van der Waals surface area contributed by atoms with Gasteiger partial charge in [0.25, 0.3) is 0 Å². The van der Waals surface area contributed by atoms with E-state index in [2.05, 4.69) is 146 Å². The highest BCUT2D eigenvalue weighted by atomic mass is 16.3. The SMILES string of the molecule is c1ccc(-c2cccc(-c3c4ccccc4c(-c4cc5cccc6oc7cccc4c7c56)c4ccccc34)c2)cc1. The van der Waals surface area contributed by atoms with Gasteiger partial charge >= 0.3 is 0 Å². The minimum atomic E-state index is 0.943. The first kappa shape index (κ1) is 22.4. The van der Waals surface area contributed by atoms with Crippen LogP contribution in [0.4, 0.5) is 0 Å². The Balaban J connectivity index is 1.42. The van der Waals surface area contributed by atoms with Crippen LogP contribution in [0.25, 0.3) is 87.6 Å². The first-order valence-corrected chi connectivity index (χ1v) is 14.1. The van der Waals surface area contributed by atoms with E-state index in [1.807, 2.05) is 0 Å². The summed E-state index contributed by atoms with van der Waals surface area (Å²) in [5.74, 6) is 0. The standard InChI is InChI=1S/C40H24O/c1-2-11-25(12-3-1)26-13-8-14-27(23-26)37-29-16-4-6-18-31(29)39(32-19-7-5-17-30(32)37)34-24-28-15-9-21-35-38(28)40-33(34)20-10-22-36(40)41-35/h1-24H. The van der Waals surface area contributed by atoms with Gasteiger partial charge in [-0.3, -0.25) is 0 Å². The van der Waals surface area contributed by atoms with E-state index in [4.69, 9.17) is 4.42 Å². The lowest BCUT2D eigenvalue weighted by atomic mass is 9.83. The molecule has 0 fully saturated rings. The number of rotatable bonds is 3. The number of furan rings is 1. The van der Waals surface area contributed by atoms with Gasteiger partial charge in [0.15, 0.2) is 0 Å². The summed E-state index contributed by atoms with van der Waals surface area (Å²) < 4.78 is 6.30. The summed E-state index contributed by atoms with van der Waals surface area (Å²) in [7, 11) is 0. The molecule has 9 aromatic rings. The Hall–Kier alpha value is -5.40. The van der Waals surface area contributed by atoms with Crippen molar-refractivity contribution in [2.45, 2.75) is 0 Å². The molecular weight excluding hydrogens is 496 g/mol. The van der Waals surface area contributed by atoms with Crippen molar-refractivity contribution in [3.8, 4) is 33.4 Å². The molecule has 0 aliphatic heterocycles. The Morgan fingerprint density at radius 1 is 0.341 bits per heavy atom. The van der Waals surface area contributed by atoms with Crippen LogP contribution in [-0.2, 0) is 0 Å². The zero-order chi connectivity index (χ0) is 26.9. The molecule has 0 saturated carbocycles. The minimum Gasteiger partial charge on any atom is -0.456 e. The van der Waals surface area contributed by atoms with Crippen LogP contribution in [0.15, 0.2) is 150 Å². The van der Waals surface area contributed by atoms with Crippen LogP contribution in [0.2, 0.25) is 0 Å². The van der Waals surface area contributed by atoms with E-state index in [1.165, 1.54) is 76.5 Å². The molecule has 8 aromatic carbocycles. The van der Waals surface area contributed by atoms with Gasteiger partial charge in [-0.1, -0.05) is 121 Å². The summed E-state index contributed by atoms with van der Waals surface area (Å²) in [5, 5.41) is 9.90. The van der Waals surface area contributed by atoms with Gasteiger partial charge in [-0.2, -0.15) is 0 Å². The van der Waals surface area contributed by atoms with Crippen LogP contribution in [-0.4, -0.2) is 0 Å². The predicted molar refractivity (Wildman–Crippen MR) is 174 cm³/mol. The summed E-state index contributed by atoms with van der Waals surface area (Å²) in [6, 6.07) is 52.6. The maximum atomic E-state index is 6.30. The van der Waals surface area contributed by atoms with Crippen LogP contribution in [0.5, 0.6) is 0 Å². The van der Waals surface area contributed by atoms with Gasteiger partial charge in [0.1, 0.15) is 11.2 Å². The Morgan fingerprint density at radius 3 is 1.61 bits per heavy atom. The summed E-state index contributed by atoms with van der Waals surface area (Å²) in [5.41, 5.74) is 9.37. The fourth-order valence-corrected chi connectivity index (χ4v) is 6.89. The summed E-state index contributed by atoms with van der Waals surface area (Å²) in [4.78, 5) is 0. The molecule has 0 radical (unpaired) electrons. The highest BCUT2D eigenvalue weighted by molar-refractivity contribution is 6.29. The van der Waals surface area contributed by atoms with Gasteiger partial charge in [-0.15, -0.1) is 0 Å². The first-order chi connectivity index (χ1) is 20.3. The van der Waals surface area contributed by atoms with Gasteiger partial charge in [-0.25, -0.2) is 0 Å². The lowest BCUT2D eigenvalue weighted by Gasteiger charge is -2.19. The van der Waals surface area contributed by atoms with Gasteiger partial charge in [0.2, 0.25) is 0 Å². The number of fused-ring (bicyclic) bond motifs is 2. The summed E-state index contributed by atoms with van der Waals surface area (Å²) >= 11 is 0. The molecule has 190 valence electrons. The zero-order valence-corrected chi connectivity index (χ0v) is 22.3. The van der Waals surface area contributed by atoms with Crippen molar-refractivity contribution in [2.75, 3.05) is 0 Å². The van der Waals surface area contributed by atoms with E-state index in [0.717, 1.165) is 11.2 Å². The van der Waals surface area contributed by atoms with Crippen molar-refractivity contribution in [1.29, 1.82) is 0 Å². The number of benzene rings is 8. The van der Waals surface area contributed by atoms with E-state index >= 15 is 0 Å². The lowest BCUT2D eigenvalue weighted by molar-refractivity contribution is 0.669. The quantitative estimate of drug-likeness (QED) is 0.167. The van der Waals surface area contributed by atoms with Crippen molar-refractivity contribution in [2.24, 2.45) is 0 Å². The second-order valence-electron chi connectivity index (χ2n) is 10.8. The lowest BCUT2D eigenvalue weighted by Crippen LogP contribution is -1.92. The topological polar surface area (TPSA) is 13.1 Å². The van der Waals surface area contributed by atoms with Crippen molar-refractivity contribution in [3.05, 3.63) is 146 Å². The minimum absolute atomic E-state index is 0.943. The number of hydrogen-bond acceptors (Lipinski definition) is 1. The average Bonchev–Trinajstić information content (AvgIpc) is 3.43. The van der Waals surface area contributed by atoms with Crippen LogP contribution in [0, 0.1) is 0 Å². The second kappa shape index (κ2) is 8.55. The van der Waals surface area contributed by atoms with Gasteiger partial charge < -0.3 is 4.42 Å². The van der Waals surface area contributed by atoms with Crippen LogP contribution < -0.4 is 0 Å². The normalized spacial score (nSPS) is 11.9. The fourth-order valence-electron chi connectivity index (χ4n) is 6.89. The van der Waals surface area contributed by atoms with E-state index in [0.29, 0.717) is 0 Å². The van der Waals surface area contributed by atoms with Crippen molar-refractivity contribution in [3.63, 3.8) is 0 Å². The Morgan fingerprint density at radius 2 is 0.878 bits per heavy atom. The Labute approximate surface area is 237 Å². The van der Waals surface area contributed by atoms with Crippen LogP contribution in [0.1, 0.15) is 0 Å². The highest BCUT2D eigenvalue weighted by Crippen LogP contribution is 2.48. The van der Waals surface area contributed by atoms with E-state index in [9.17, 15) is 0 Å². The molecule has 1 heteroatoms. The third-order valence-corrected chi connectivity index (χ3v) is 8.60. The summed E-state index contributed by atoms with van der Waals surface area (Å²) in [6.45, 7) is 0. The maximum Gasteiger partial charge on any atom is 0.136 e. The van der Waals surface area contributed by atoms with E-state index in [-0.39, 0.29) is 0 Å². The van der Waals surface area contributed by atoms with E-state index < -0.39 is 0 Å².